The molecular weight excluding hydrogens is 540 g/mol. The van der Waals surface area contributed by atoms with Crippen LogP contribution in [0.5, 0.6) is 0 Å². The number of rotatable bonds is 12. The molecule has 2 N–H and O–H groups in total. The van der Waals surface area contributed by atoms with Crippen LogP contribution in [0.2, 0.25) is 0 Å². The van der Waals surface area contributed by atoms with E-state index in [2.05, 4.69) is 10.6 Å². The number of fused-ring (bicyclic) bond motifs is 1. The van der Waals surface area contributed by atoms with Gasteiger partial charge in [0, 0.05) is 24.3 Å². The summed E-state index contributed by atoms with van der Waals surface area (Å²) in [6.07, 6.45) is 0.527. The summed E-state index contributed by atoms with van der Waals surface area (Å²) >= 11 is 0. The van der Waals surface area contributed by atoms with Crippen molar-refractivity contribution in [3.63, 3.8) is 0 Å². The van der Waals surface area contributed by atoms with Crippen molar-refractivity contribution in [1.82, 2.24) is 4.90 Å². The van der Waals surface area contributed by atoms with E-state index in [0.29, 0.717) is 59.0 Å². The molecule has 1 amide bonds. The summed E-state index contributed by atoms with van der Waals surface area (Å²) in [5.41, 5.74) is 4.62. The molecule has 10 heteroatoms. The lowest BCUT2D eigenvalue weighted by atomic mass is 9.99. The van der Waals surface area contributed by atoms with Crippen LogP contribution in [0.15, 0.2) is 72.8 Å². The number of carbonyl (C=O) groups is 2. The van der Waals surface area contributed by atoms with E-state index in [1.807, 2.05) is 56.3 Å². The van der Waals surface area contributed by atoms with Crippen LogP contribution in [0.1, 0.15) is 41.8 Å². The molecule has 0 fully saturated rings. The third-order valence-electron chi connectivity index (χ3n) is 6.56. The van der Waals surface area contributed by atoms with Crippen molar-refractivity contribution in [2.45, 2.75) is 20.3 Å². The topological polar surface area (TPSA) is 108 Å². The van der Waals surface area contributed by atoms with Crippen molar-refractivity contribution < 1.29 is 22.7 Å². The van der Waals surface area contributed by atoms with Gasteiger partial charge in [-0.15, -0.1) is 0 Å². The second-order valence-corrected chi connectivity index (χ2v) is 11.9. The molecule has 1 aliphatic rings. The highest BCUT2D eigenvalue weighted by Crippen LogP contribution is 2.38. The van der Waals surface area contributed by atoms with Crippen LogP contribution in [0.25, 0.3) is 11.3 Å². The molecule has 0 bridgehead atoms. The molecule has 4 rings (SSSR count). The van der Waals surface area contributed by atoms with Gasteiger partial charge in [-0.25, -0.2) is 13.2 Å². The second-order valence-electron chi connectivity index (χ2n) is 9.91. The maximum absolute atomic E-state index is 13.3. The van der Waals surface area contributed by atoms with Crippen LogP contribution in [0.3, 0.4) is 0 Å². The number of hydrogen-bond acceptors (Lipinski definition) is 7. The van der Waals surface area contributed by atoms with Gasteiger partial charge in [-0.1, -0.05) is 43.3 Å². The maximum Gasteiger partial charge on any atom is 0.338 e. The van der Waals surface area contributed by atoms with Gasteiger partial charge < -0.3 is 20.3 Å². The molecule has 0 radical (unpaired) electrons. The van der Waals surface area contributed by atoms with E-state index >= 15 is 0 Å². The quantitative estimate of drug-likeness (QED) is 0.233. The first-order chi connectivity index (χ1) is 19.6. The molecule has 0 saturated carbocycles. The molecule has 0 aliphatic carbocycles. The summed E-state index contributed by atoms with van der Waals surface area (Å²) in [5.74, 6) is -0.689. The van der Waals surface area contributed by atoms with Crippen LogP contribution in [0, 0.1) is 0 Å². The standard InChI is InChI=1S/C31H36N4O5S/c1-5-20-41(38,39)35(19-18-34(3)4)25-15-13-24(14-16-25)32-29(22-10-8-7-9-11-22)28-26-17-12-23(31(37)40-6-2)21-27(26)33-30(28)36/h7-17,21,32H,5-6,18-20H2,1-4H3,(H,33,36)/b29-28-. The molecule has 41 heavy (non-hydrogen) atoms. The molecule has 0 atom stereocenters. The Hall–Kier alpha value is -4.15. The van der Waals surface area contributed by atoms with Gasteiger partial charge in [-0.3, -0.25) is 9.10 Å². The van der Waals surface area contributed by atoms with Crippen LogP contribution >= 0.6 is 0 Å². The van der Waals surface area contributed by atoms with Crippen molar-refractivity contribution in [3.8, 4) is 0 Å². The summed E-state index contributed by atoms with van der Waals surface area (Å²) in [6, 6.07) is 21.6. The van der Waals surface area contributed by atoms with Crippen LogP contribution in [-0.4, -0.2) is 64.7 Å². The number of ether oxygens (including phenoxy) is 1. The van der Waals surface area contributed by atoms with Crippen LogP contribution in [-0.2, 0) is 19.6 Å². The van der Waals surface area contributed by atoms with Gasteiger partial charge in [0.25, 0.3) is 5.91 Å². The van der Waals surface area contributed by atoms with Gasteiger partial charge >= 0.3 is 5.97 Å². The summed E-state index contributed by atoms with van der Waals surface area (Å²) in [6.45, 7) is 4.77. The average Bonchev–Trinajstić information content (AvgIpc) is 3.27. The van der Waals surface area contributed by atoms with Gasteiger partial charge in [-0.05, 0) is 69.4 Å². The highest BCUT2D eigenvalue weighted by atomic mass is 32.2. The predicted octanol–water partition coefficient (Wildman–Crippen LogP) is 4.90. The molecule has 9 nitrogen and oxygen atoms in total. The first kappa shape index (κ1) is 29.8. The number of esters is 1. The van der Waals surface area contributed by atoms with Gasteiger partial charge in [0.1, 0.15) is 0 Å². The molecular formula is C31H36N4O5S. The van der Waals surface area contributed by atoms with E-state index in [-0.39, 0.29) is 18.3 Å². The Balaban J connectivity index is 1.72. The SMILES string of the molecule is CCCS(=O)(=O)N(CCN(C)C)c1ccc(N/C(=C2\C(=O)Nc3cc(C(=O)OCC)ccc32)c2ccccc2)cc1. The summed E-state index contributed by atoms with van der Waals surface area (Å²) < 4.78 is 32.6. The zero-order chi connectivity index (χ0) is 29.6. The lowest BCUT2D eigenvalue weighted by Crippen LogP contribution is -2.38. The average molecular weight is 577 g/mol. The Bertz CT molecular complexity index is 1530. The lowest BCUT2D eigenvalue weighted by Gasteiger charge is -2.26. The van der Waals surface area contributed by atoms with E-state index in [1.165, 1.54) is 4.31 Å². The normalized spacial score (nSPS) is 13.9. The number of sulfonamides is 1. The van der Waals surface area contributed by atoms with E-state index < -0.39 is 16.0 Å². The minimum Gasteiger partial charge on any atom is -0.462 e. The van der Waals surface area contributed by atoms with Gasteiger partial charge in [0.15, 0.2) is 0 Å². The zero-order valence-corrected chi connectivity index (χ0v) is 24.6. The molecule has 0 unspecified atom stereocenters. The Morgan fingerprint density at radius 2 is 1.63 bits per heavy atom. The number of nitrogens with one attached hydrogen (secondary N) is 2. The fraction of sp³-hybridized carbons (Fsp3) is 0.290. The number of nitrogens with zero attached hydrogens (tertiary/aromatic N) is 2. The Morgan fingerprint density at radius 1 is 0.927 bits per heavy atom. The van der Waals surface area contributed by atoms with Crippen molar-refractivity contribution in [3.05, 3.63) is 89.5 Å². The molecule has 3 aromatic carbocycles. The molecule has 1 heterocycles. The fourth-order valence-corrected chi connectivity index (χ4v) is 6.13. The van der Waals surface area contributed by atoms with E-state index in [9.17, 15) is 18.0 Å². The van der Waals surface area contributed by atoms with Crippen molar-refractivity contribution in [2.75, 3.05) is 54.5 Å². The molecule has 0 saturated heterocycles. The molecule has 216 valence electrons. The van der Waals surface area contributed by atoms with Gasteiger partial charge in [0.2, 0.25) is 10.0 Å². The largest absolute Gasteiger partial charge is 0.462 e. The first-order valence-corrected chi connectivity index (χ1v) is 15.2. The molecule has 3 aromatic rings. The number of benzene rings is 3. The number of likely N-dealkylation sites (N-methyl/N-ethyl adjacent to an activating group) is 1. The highest BCUT2D eigenvalue weighted by molar-refractivity contribution is 7.92. The number of amides is 1. The van der Waals surface area contributed by atoms with Crippen LogP contribution < -0.4 is 14.9 Å². The number of hydrogen-bond donors (Lipinski definition) is 2. The third-order valence-corrected chi connectivity index (χ3v) is 8.55. The smallest absolute Gasteiger partial charge is 0.338 e. The minimum atomic E-state index is -3.48. The van der Waals surface area contributed by atoms with Crippen LogP contribution in [0.4, 0.5) is 17.1 Å². The monoisotopic (exact) mass is 576 g/mol. The van der Waals surface area contributed by atoms with Crippen molar-refractivity contribution in [2.24, 2.45) is 0 Å². The number of carbonyl (C=O) groups excluding carboxylic acids is 2. The Kier molecular flexibility index (Phi) is 9.46. The first-order valence-electron chi connectivity index (χ1n) is 13.6. The predicted molar refractivity (Wildman–Crippen MR) is 164 cm³/mol. The summed E-state index contributed by atoms with van der Waals surface area (Å²) in [5, 5.41) is 6.27. The van der Waals surface area contributed by atoms with E-state index in [0.717, 1.165) is 5.56 Å². The highest BCUT2D eigenvalue weighted by Gasteiger charge is 2.29. The molecule has 0 spiro atoms. The molecule has 0 aromatic heterocycles. The lowest BCUT2D eigenvalue weighted by molar-refractivity contribution is -0.110. The maximum atomic E-state index is 13.3. The zero-order valence-electron chi connectivity index (χ0n) is 23.8. The second kappa shape index (κ2) is 13.0. The Labute approximate surface area is 241 Å². The van der Waals surface area contributed by atoms with Crippen molar-refractivity contribution in [1.29, 1.82) is 0 Å². The third kappa shape index (κ3) is 6.96. The summed E-state index contributed by atoms with van der Waals surface area (Å²) in [7, 11) is 0.340. The molecule has 1 aliphatic heterocycles. The van der Waals surface area contributed by atoms with Crippen molar-refractivity contribution >= 4 is 50.2 Å². The minimum absolute atomic E-state index is 0.0666. The van der Waals surface area contributed by atoms with Gasteiger partial charge in [-0.2, -0.15) is 0 Å². The van der Waals surface area contributed by atoms with E-state index in [1.54, 1.807) is 49.4 Å². The van der Waals surface area contributed by atoms with Gasteiger partial charge in [0.05, 0.1) is 40.6 Å². The Morgan fingerprint density at radius 3 is 2.27 bits per heavy atom. The number of anilines is 3. The van der Waals surface area contributed by atoms with E-state index in [4.69, 9.17) is 4.74 Å². The summed E-state index contributed by atoms with van der Waals surface area (Å²) in [4.78, 5) is 27.5. The fourth-order valence-electron chi connectivity index (χ4n) is 4.59.